The van der Waals surface area contributed by atoms with E-state index in [9.17, 15) is 4.79 Å². The van der Waals surface area contributed by atoms with Crippen LogP contribution in [0.3, 0.4) is 0 Å². The van der Waals surface area contributed by atoms with Gasteiger partial charge in [0.2, 0.25) is 0 Å². The quantitative estimate of drug-likeness (QED) is 0.788. The Balaban J connectivity index is 3.18. The maximum absolute atomic E-state index is 12.5. The molecule has 0 radical (unpaired) electrons. The minimum Gasteiger partial charge on any atom is -0.496 e. The van der Waals surface area contributed by atoms with E-state index in [4.69, 9.17) is 4.74 Å². The van der Waals surface area contributed by atoms with Crippen molar-refractivity contribution in [2.24, 2.45) is 0 Å². The summed E-state index contributed by atoms with van der Waals surface area (Å²) in [6.45, 7) is 8.78. The molecule has 1 rings (SSSR count). The van der Waals surface area contributed by atoms with Crippen molar-refractivity contribution in [2.45, 2.75) is 40.2 Å². The number of rotatable bonds is 6. The van der Waals surface area contributed by atoms with Crippen molar-refractivity contribution >= 4 is 5.78 Å². The number of hydrogen-bond acceptors (Lipinski definition) is 3. The van der Waals surface area contributed by atoms with E-state index in [0.29, 0.717) is 11.3 Å². The largest absolute Gasteiger partial charge is 0.496 e. The number of nitrogens with one attached hydrogen (secondary N) is 1. The Morgan fingerprint density at radius 3 is 2.50 bits per heavy atom. The molecule has 18 heavy (non-hydrogen) atoms. The van der Waals surface area contributed by atoms with E-state index in [1.165, 1.54) is 0 Å². The molecule has 0 bridgehead atoms. The van der Waals surface area contributed by atoms with Crippen LogP contribution in [0.15, 0.2) is 12.1 Å². The smallest absolute Gasteiger partial charge is 0.183 e. The lowest BCUT2D eigenvalue weighted by molar-refractivity contribution is 0.0938. The second kappa shape index (κ2) is 6.55. The summed E-state index contributed by atoms with van der Waals surface area (Å²) in [5.41, 5.74) is 2.78. The van der Waals surface area contributed by atoms with Crippen molar-refractivity contribution < 1.29 is 9.53 Å². The van der Waals surface area contributed by atoms with Gasteiger partial charge in [-0.2, -0.15) is 0 Å². The highest BCUT2D eigenvalue weighted by molar-refractivity contribution is 6.02. The summed E-state index contributed by atoms with van der Waals surface area (Å²) in [5.74, 6) is 0.810. The van der Waals surface area contributed by atoms with Gasteiger partial charge in [0, 0.05) is 0 Å². The van der Waals surface area contributed by atoms with E-state index in [1.807, 2.05) is 39.8 Å². The number of carbonyl (C=O) groups excluding carboxylic acids is 1. The summed E-state index contributed by atoms with van der Waals surface area (Å²) in [6.07, 6.45) is 0.781. The summed E-state index contributed by atoms with van der Waals surface area (Å²) < 4.78 is 5.38. The molecule has 0 heterocycles. The first kappa shape index (κ1) is 14.7. The van der Waals surface area contributed by atoms with Crippen LogP contribution in [0, 0.1) is 13.8 Å². The Hall–Kier alpha value is -1.35. The molecule has 0 aliphatic rings. The highest BCUT2D eigenvalue weighted by atomic mass is 16.5. The SMILES string of the molecule is CCNC(CC)C(=O)c1cc(C)cc(C)c1OC. The number of hydrogen-bond donors (Lipinski definition) is 1. The zero-order valence-corrected chi connectivity index (χ0v) is 12.0. The van der Waals surface area contributed by atoms with Crippen molar-refractivity contribution in [3.63, 3.8) is 0 Å². The lowest BCUT2D eigenvalue weighted by Gasteiger charge is -2.18. The maximum atomic E-state index is 12.5. The number of ether oxygens (including phenoxy) is 1. The molecular formula is C15H23NO2. The predicted octanol–water partition coefficient (Wildman–Crippen LogP) is 2.88. The molecule has 0 amide bonds. The van der Waals surface area contributed by atoms with E-state index in [-0.39, 0.29) is 11.8 Å². The molecule has 0 saturated carbocycles. The zero-order chi connectivity index (χ0) is 13.7. The van der Waals surface area contributed by atoms with Crippen molar-refractivity contribution in [1.29, 1.82) is 0 Å². The third-order valence-corrected chi connectivity index (χ3v) is 3.06. The molecule has 0 aliphatic heterocycles. The Bertz CT molecular complexity index is 427. The van der Waals surface area contributed by atoms with Crippen LogP contribution in [0.1, 0.15) is 41.8 Å². The van der Waals surface area contributed by atoms with Gasteiger partial charge >= 0.3 is 0 Å². The second-order valence-corrected chi connectivity index (χ2v) is 4.55. The maximum Gasteiger partial charge on any atom is 0.183 e. The van der Waals surface area contributed by atoms with E-state index < -0.39 is 0 Å². The molecule has 1 atom stereocenters. The van der Waals surface area contributed by atoms with Crippen molar-refractivity contribution in [3.8, 4) is 5.75 Å². The highest BCUT2D eigenvalue weighted by Crippen LogP contribution is 2.26. The monoisotopic (exact) mass is 249 g/mol. The number of methoxy groups -OCH3 is 1. The van der Waals surface area contributed by atoms with E-state index in [2.05, 4.69) is 5.32 Å². The number of likely N-dealkylation sites (N-methyl/N-ethyl adjacent to an activating group) is 1. The van der Waals surface area contributed by atoms with Gasteiger partial charge in [0.05, 0.1) is 18.7 Å². The van der Waals surface area contributed by atoms with Crippen LogP contribution in [0.2, 0.25) is 0 Å². The lowest BCUT2D eigenvalue weighted by Crippen LogP contribution is -2.36. The fraction of sp³-hybridized carbons (Fsp3) is 0.533. The normalized spacial score (nSPS) is 12.3. The van der Waals surface area contributed by atoms with Crippen molar-refractivity contribution in [1.82, 2.24) is 5.32 Å². The second-order valence-electron chi connectivity index (χ2n) is 4.55. The third kappa shape index (κ3) is 3.10. The van der Waals surface area contributed by atoms with Gasteiger partial charge in [0.1, 0.15) is 5.75 Å². The molecule has 3 nitrogen and oxygen atoms in total. The van der Waals surface area contributed by atoms with Crippen LogP contribution < -0.4 is 10.1 Å². The number of ketones is 1. The van der Waals surface area contributed by atoms with Crippen LogP contribution in [0.5, 0.6) is 5.75 Å². The predicted molar refractivity (Wildman–Crippen MR) is 74.6 cm³/mol. The molecule has 1 unspecified atom stereocenters. The minimum absolute atomic E-state index is 0.114. The lowest BCUT2D eigenvalue weighted by atomic mass is 9.97. The van der Waals surface area contributed by atoms with Gasteiger partial charge < -0.3 is 10.1 Å². The van der Waals surface area contributed by atoms with Crippen LogP contribution in [0.25, 0.3) is 0 Å². The fourth-order valence-corrected chi connectivity index (χ4v) is 2.26. The standard InChI is InChI=1S/C15H23NO2/c1-6-13(16-7-2)14(17)12-9-10(3)8-11(4)15(12)18-5/h8-9,13,16H,6-7H2,1-5H3. The summed E-state index contributed by atoms with van der Waals surface area (Å²) in [7, 11) is 1.61. The number of aryl methyl sites for hydroxylation is 2. The third-order valence-electron chi connectivity index (χ3n) is 3.06. The Kier molecular flexibility index (Phi) is 5.35. The highest BCUT2D eigenvalue weighted by Gasteiger charge is 2.22. The Morgan fingerprint density at radius 2 is 2.00 bits per heavy atom. The first-order valence-electron chi connectivity index (χ1n) is 6.47. The van der Waals surface area contributed by atoms with Gasteiger partial charge in [-0.05, 0) is 44.0 Å². The number of Topliss-reactive ketones (excluding diaryl/α,β-unsaturated/α-hetero) is 1. The van der Waals surface area contributed by atoms with Crippen molar-refractivity contribution in [2.75, 3.05) is 13.7 Å². The first-order chi connectivity index (χ1) is 8.54. The molecule has 1 N–H and O–H groups in total. The average Bonchev–Trinajstić information content (AvgIpc) is 2.34. The van der Waals surface area contributed by atoms with E-state index >= 15 is 0 Å². The molecule has 0 spiro atoms. The van der Waals surface area contributed by atoms with Crippen LogP contribution >= 0.6 is 0 Å². The van der Waals surface area contributed by atoms with E-state index in [1.54, 1.807) is 7.11 Å². The first-order valence-corrected chi connectivity index (χ1v) is 6.47. The minimum atomic E-state index is -0.134. The summed E-state index contributed by atoms with van der Waals surface area (Å²) >= 11 is 0. The summed E-state index contributed by atoms with van der Waals surface area (Å²) in [4.78, 5) is 12.5. The fourth-order valence-electron chi connectivity index (χ4n) is 2.26. The molecule has 0 aromatic heterocycles. The number of carbonyl (C=O) groups is 1. The van der Waals surface area contributed by atoms with Gasteiger partial charge in [-0.3, -0.25) is 4.79 Å². The van der Waals surface area contributed by atoms with Gasteiger partial charge in [0.15, 0.2) is 5.78 Å². The summed E-state index contributed by atoms with van der Waals surface area (Å²) in [6, 6.07) is 3.81. The van der Waals surface area contributed by atoms with Crippen LogP contribution in [-0.2, 0) is 0 Å². The van der Waals surface area contributed by atoms with Crippen molar-refractivity contribution in [3.05, 3.63) is 28.8 Å². The van der Waals surface area contributed by atoms with Gasteiger partial charge in [-0.25, -0.2) is 0 Å². The molecule has 1 aromatic rings. The molecule has 0 aliphatic carbocycles. The van der Waals surface area contributed by atoms with Gasteiger partial charge in [-0.1, -0.05) is 19.9 Å². The van der Waals surface area contributed by atoms with Gasteiger partial charge in [-0.15, -0.1) is 0 Å². The molecule has 3 heteroatoms. The number of benzene rings is 1. The molecule has 1 aromatic carbocycles. The van der Waals surface area contributed by atoms with Crippen LogP contribution in [0.4, 0.5) is 0 Å². The van der Waals surface area contributed by atoms with Crippen LogP contribution in [-0.4, -0.2) is 25.5 Å². The Morgan fingerprint density at radius 1 is 1.33 bits per heavy atom. The molecule has 0 fully saturated rings. The summed E-state index contributed by atoms with van der Waals surface area (Å²) in [5, 5.41) is 3.22. The van der Waals surface area contributed by atoms with Gasteiger partial charge in [0.25, 0.3) is 0 Å². The molecule has 0 saturated heterocycles. The average molecular weight is 249 g/mol. The van der Waals surface area contributed by atoms with E-state index in [0.717, 1.165) is 24.1 Å². The molecular weight excluding hydrogens is 226 g/mol. The zero-order valence-electron chi connectivity index (χ0n) is 12.0. The molecule has 100 valence electrons. The topological polar surface area (TPSA) is 38.3 Å². The Labute approximate surface area is 110 Å².